The zero-order chi connectivity index (χ0) is 13.2. The smallest absolute Gasteiger partial charge is 0.257 e. The number of hydrogen-bond acceptors (Lipinski definition) is 3. The molecule has 0 bridgehead atoms. The lowest BCUT2D eigenvalue weighted by Crippen LogP contribution is -2.11. The van der Waals surface area contributed by atoms with Gasteiger partial charge >= 0.3 is 0 Å². The highest BCUT2D eigenvalue weighted by Crippen LogP contribution is 2.28. The first kappa shape index (κ1) is 11.9. The predicted octanol–water partition coefficient (Wildman–Crippen LogP) is 3.86. The molecule has 0 aliphatic rings. The van der Waals surface area contributed by atoms with Crippen LogP contribution in [0.2, 0.25) is 0 Å². The summed E-state index contributed by atoms with van der Waals surface area (Å²) in [6.07, 6.45) is 0. The predicted molar refractivity (Wildman–Crippen MR) is 78.8 cm³/mol. The lowest BCUT2D eigenvalue weighted by atomic mass is 10.2. The third-order valence-electron chi connectivity index (χ3n) is 2.88. The molecule has 3 nitrogen and oxygen atoms in total. The van der Waals surface area contributed by atoms with Crippen molar-refractivity contribution in [3.05, 3.63) is 59.7 Å². The molecule has 1 aromatic heterocycles. The van der Waals surface area contributed by atoms with E-state index < -0.39 is 0 Å². The number of carbonyl (C=O) groups excluding carboxylic acids is 1. The SMILES string of the molecule is Cc1cccc2sc(NC(=O)c3ccccc3)nc12. The van der Waals surface area contributed by atoms with E-state index in [0.717, 1.165) is 15.8 Å². The third kappa shape index (κ3) is 2.35. The van der Waals surface area contributed by atoms with E-state index in [1.54, 1.807) is 12.1 Å². The first-order valence-electron chi connectivity index (χ1n) is 5.96. The van der Waals surface area contributed by atoms with E-state index in [2.05, 4.69) is 10.3 Å². The lowest BCUT2D eigenvalue weighted by Gasteiger charge is -2.00. The van der Waals surface area contributed by atoms with Gasteiger partial charge in [0.05, 0.1) is 10.2 Å². The second kappa shape index (κ2) is 4.82. The van der Waals surface area contributed by atoms with Gasteiger partial charge in [0.25, 0.3) is 5.91 Å². The molecule has 0 radical (unpaired) electrons. The van der Waals surface area contributed by atoms with Crippen LogP contribution in [0.25, 0.3) is 10.2 Å². The molecule has 4 heteroatoms. The first-order chi connectivity index (χ1) is 9.24. The van der Waals surface area contributed by atoms with Crippen molar-refractivity contribution in [2.24, 2.45) is 0 Å². The number of thiazole rings is 1. The molecule has 0 aliphatic heterocycles. The van der Waals surface area contributed by atoms with Crippen molar-refractivity contribution in [2.45, 2.75) is 6.92 Å². The van der Waals surface area contributed by atoms with Gasteiger partial charge in [0.2, 0.25) is 0 Å². The Balaban J connectivity index is 1.90. The van der Waals surface area contributed by atoms with Crippen LogP contribution in [0.3, 0.4) is 0 Å². The minimum atomic E-state index is -0.127. The Kier molecular flexibility index (Phi) is 3.01. The van der Waals surface area contributed by atoms with Crippen LogP contribution in [0.15, 0.2) is 48.5 Å². The standard InChI is InChI=1S/C15H12N2OS/c1-10-6-5-9-12-13(10)16-15(19-12)17-14(18)11-7-3-2-4-8-11/h2-9H,1H3,(H,16,17,18). The molecule has 0 atom stereocenters. The molecule has 0 spiro atoms. The minimum Gasteiger partial charge on any atom is -0.298 e. The Morgan fingerprint density at radius 1 is 1.11 bits per heavy atom. The van der Waals surface area contributed by atoms with Gasteiger partial charge in [-0.1, -0.05) is 41.7 Å². The summed E-state index contributed by atoms with van der Waals surface area (Å²) in [5.41, 5.74) is 2.71. The topological polar surface area (TPSA) is 42.0 Å². The molecule has 3 aromatic rings. The van der Waals surface area contributed by atoms with E-state index in [9.17, 15) is 4.79 Å². The quantitative estimate of drug-likeness (QED) is 0.767. The van der Waals surface area contributed by atoms with Crippen molar-refractivity contribution in [3.63, 3.8) is 0 Å². The maximum atomic E-state index is 12.0. The number of anilines is 1. The average Bonchev–Trinajstić information content (AvgIpc) is 2.84. The molecule has 2 aromatic carbocycles. The van der Waals surface area contributed by atoms with E-state index in [1.165, 1.54) is 11.3 Å². The number of aryl methyl sites for hydroxylation is 1. The van der Waals surface area contributed by atoms with E-state index in [0.29, 0.717) is 10.7 Å². The van der Waals surface area contributed by atoms with Gasteiger partial charge in [0.15, 0.2) is 5.13 Å². The van der Waals surface area contributed by atoms with Crippen LogP contribution in [-0.4, -0.2) is 10.9 Å². The van der Waals surface area contributed by atoms with Crippen LogP contribution in [0.4, 0.5) is 5.13 Å². The molecule has 3 rings (SSSR count). The monoisotopic (exact) mass is 268 g/mol. The van der Waals surface area contributed by atoms with Crippen LogP contribution in [-0.2, 0) is 0 Å². The van der Waals surface area contributed by atoms with Crippen molar-refractivity contribution in [3.8, 4) is 0 Å². The second-order valence-electron chi connectivity index (χ2n) is 4.26. The first-order valence-corrected chi connectivity index (χ1v) is 6.78. The normalized spacial score (nSPS) is 10.6. The zero-order valence-corrected chi connectivity index (χ0v) is 11.2. The maximum Gasteiger partial charge on any atom is 0.257 e. The number of nitrogens with zero attached hydrogens (tertiary/aromatic N) is 1. The summed E-state index contributed by atoms with van der Waals surface area (Å²) in [7, 11) is 0. The Labute approximate surface area is 114 Å². The fourth-order valence-corrected chi connectivity index (χ4v) is 2.84. The van der Waals surface area contributed by atoms with E-state index in [-0.39, 0.29) is 5.91 Å². The van der Waals surface area contributed by atoms with E-state index in [4.69, 9.17) is 0 Å². The molecule has 1 amide bonds. The van der Waals surface area contributed by atoms with Gasteiger partial charge in [-0.2, -0.15) is 0 Å². The zero-order valence-electron chi connectivity index (χ0n) is 10.4. The second-order valence-corrected chi connectivity index (χ2v) is 5.29. The summed E-state index contributed by atoms with van der Waals surface area (Å²) in [6.45, 7) is 2.02. The summed E-state index contributed by atoms with van der Waals surface area (Å²) in [5.74, 6) is -0.127. The van der Waals surface area contributed by atoms with Crippen molar-refractivity contribution < 1.29 is 4.79 Å². The fourth-order valence-electron chi connectivity index (χ4n) is 1.90. The van der Waals surface area contributed by atoms with Gasteiger partial charge in [0, 0.05) is 5.56 Å². The molecule has 0 saturated heterocycles. The van der Waals surface area contributed by atoms with Crippen LogP contribution < -0.4 is 5.32 Å². The van der Waals surface area contributed by atoms with Gasteiger partial charge in [-0.3, -0.25) is 10.1 Å². The Morgan fingerprint density at radius 2 is 1.89 bits per heavy atom. The van der Waals surface area contributed by atoms with Crippen LogP contribution >= 0.6 is 11.3 Å². The molecule has 0 saturated carbocycles. The number of hydrogen-bond donors (Lipinski definition) is 1. The lowest BCUT2D eigenvalue weighted by molar-refractivity contribution is 0.102. The number of fused-ring (bicyclic) bond motifs is 1. The summed E-state index contributed by atoms with van der Waals surface area (Å²) in [5, 5.41) is 3.48. The number of benzene rings is 2. The molecular formula is C15H12N2OS. The average molecular weight is 268 g/mol. The van der Waals surface area contributed by atoms with Crippen LogP contribution in [0.5, 0.6) is 0 Å². The highest BCUT2D eigenvalue weighted by atomic mass is 32.1. The number of carbonyl (C=O) groups is 1. The van der Waals surface area contributed by atoms with Gasteiger partial charge in [-0.15, -0.1) is 0 Å². The molecule has 0 unspecified atom stereocenters. The third-order valence-corrected chi connectivity index (χ3v) is 3.81. The molecular weight excluding hydrogens is 256 g/mol. The van der Waals surface area contributed by atoms with E-state index >= 15 is 0 Å². The molecule has 1 heterocycles. The Hall–Kier alpha value is -2.20. The summed E-state index contributed by atoms with van der Waals surface area (Å²) < 4.78 is 1.09. The molecule has 0 fully saturated rings. The van der Waals surface area contributed by atoms with Gasteiger partial charge in [-0.05, 0) is 30.7 Å². The minimum absolute atomic E-state index is 0.127. The maximum absolute atomic E-state index is 12.0. The molecule has 94 valence electrons. The highest BCUT2D eigenvalue weighted by Gasteiger charge is 2.10. The highest BCUT2D eigenvalue weighted by molar-refractivity contribution is 7.22. The van der Waals surface area contributed by atoms with E-state index in [1.807, 2.05) is 43.3 Å². The van der Waals surface area contributed by atoms with Gasteiger partial charge in [-0.25, -0.2) is 4.98 Å². The van der Waals surface area contributed by atoms with Gasteiger partial charge < -0.3 is 0 Å². The summed E-state index contributed by atoms with van der Waals surface area (Å²) in [4.78, 5) is 16.5. The van der Waals surface area contributed by atoms with Crippen molar-refractivity contribution in [1.82, 2.24) is 4.98 Å². The fraction of sp³-hybridized carbons (Fsp3) is 0.0667. The van der Waals surface area contributed by atoms with Crippen molar-refractivity contribution >= 4 is 32.6 Å². The van der Waals surface area contributed by atoms with Crippen molar-refractivity contribution in [2.75, 3.05) is 5.32 Å². The Bertz CT molecular complexity index is 734. The molecule has 0 aliphatic carbocycles. The Morgan fingerprint density at radius 3 is 2.63 bits per heavy atom. The molecule has 1 N–H and O–H groups in total. The number of amides is 1. The summed E-state index contributed by atoms with van der Waals surface area (Å²) >= 11 is 1.49. The van der Waals surface area contributed by atoms with Crippen LogP contribution in [0, 0.1) is 6.92 Å². The molecule has 19 heavy (non-hydrogen) atoms. The number of aromatic nitrogens is 1. The number of rotatable bonds is 2. The summed E-state index contributed by atoms with van der Waals surface area (Å²) in [6, 6.07) is 15.2. The number of nitrogens with one attached hydrogen (secondary N) is 1. The largest absolute Gasteiger partial charge is 0.298 e. The van der Waals surface area contributed by atoms with Crippen LogP contribution in [0.1, 0.15) is 15.9 Å². The van der Waals surface area contributed by atoms with Gasteiger partial charge in [0.1, 0.15) is 0 Å². The number of para-hydroxylation sites is 1. The van der Waals surface area contributed by atoms with Crippen molar-refractivity contribution in [1.29, 1.82) is 0 Å².